The zero-order valence-electron chi connectivity index (χ0n) is 19.7. The predicted molar refractivity (Wildman–Crippen MR) is 124 cm³/mol. The van der Waals surface area contributed by atoms with Crippen LogP contribution in [0.15, 0.2) is 35.5 Å². The molecule has 0 aliphatic heterocycles. The fourth-order valence-electron chi connectivity index (χ4n) is 6.74. The molecule has 0 radical (unpaired) electrons. The Bertz CT molecular complexity index is 683. The molecule has 0 aromatic heterocycles. The van der Waals surface area contributed by atoms with E-state index in [2.05, 4.69) is 32.6 Å². The molecule has 3 fully saturated rings. The maximum atomic E-state index is 10.1. The van der Waals surface area contributed by atoms with Crippen LogP contribution in [-0.4, -0.2) is 33.1 Å². The second-order valence-corrected chi connectivity index (χ2v) is 11.3. The molecule has 0 aromatic rings. The third kappa shape index (κ3) is 5.29. The minimum Gasteiger partial charge on any atom is -0.393 e. The summed E-state index contributed by atoms with van der Waals surface area (Å²) in [5.41, 5.74) is 3.17. The molecule has 3 aliphatic rings. The van der Waals surface area contributed by atoms with Gasteiger partial charge in [-0.1, -0.05) is 51.0 Å². The van der Waals surface area contributed by atoms with Crippen molar-refractivity contribution in [2.24, 2.45) is 23.2 Å². The van der Waals surface area contributed by atoms with Crippen molar-refractivity contribution in [3.8, 4) is 0 Å². The highest BCUT2D eigenvalue weighted by molar-refractivity contribution is 5.38. The van der Waals surface area contributed by atoms with Gasteiger partial charge in [-0.15, -0.1) is 0 Å². The lowest BCUT2D eigenvalue weighted by atomic mass is 9.60. The van der Waals surface area contributed by atoms with E-state index in [1.54, 1.807) is 5.57 Å². The van der Waals surface area contributed by atoms with Crippen LogP contribution in [0.25, 0.3) is 0 Å². The molecule has 0 saturated heterocycles. The maximum Gasteiger partial charge on any atom is 0.0811 e. The summed E-state index contributed by atoms with van der Waals surface area (Å²) in [6.07, 6.45) is 13.9. The molecule has 3 nitrogen and oxygen atoms in total. The van der Waals surface area contributed by atoms with E-state index in [-0.39, 0.29) is 0 Å². The summed E-state index contributed by atoms with van der Waals surface area (Å²) in [6.45, 7) is 12.8. The van der Waals surface area contributed by atoms with Gasteiger partial charge in [-0.3, -0.25) is 0 Å². The first-order chi connectivity index (χ1) is 14.0. The van der Waals surface area contributed by atoms with E-state index in [1.807, 2.05) is 13.8 Å². The molecule has 6 atom stereocenters. The second kappa shape index (κ2) is 9.30. The lowest BCUT2D eigenvalue weighted by molar-refractivity contribution is 0.0596. The molecule has 3 aliphatic carbocycles. The molecule has 170 valence electrons. The van der Waals surface area contributed by atoms with E-state index < -0.39 is 17.8 Å². The summed E-state index contributed by atoms with van der Waals surface area (Å²) >= 11 is 0. The van der Waals surface area contributed by atoms with E-state index in [4.69, 9.17) is 0 Å². The lowest BCUT2D eigenvalue weighted by Crippen LogP contribution is -2.36. The number of allylic oxidation sites excluding steroid dienone is 3. The number of rotatable bonds is 6. The second-order valence-electron chi connectivity index (χ2n) is 11.3. The van der Waals surface area contributed by atoms with Gasteiger partial charge in [-0.2, -0.15) is 0 Å². The van der Waals surface area contributed by atoms with Gasteiger partial charge in [0, 0.05) is 6.42 Å². The molecule has 0 bridgehead atoms. The van der Waals surface area contributed by atoms with Crippen LogP contribution in [-0.2, 0) is 0 Å². The lowest BCUT2D eigenvalue weighted by Gasteiger charge is -2.44. The fourth-order valence-corrected chi connectivity index (χ4v) is 6.74. The fraction of sp³-hybridized carbons (Fsp3) is 0.778. The molecular weight excluding hydrogens is 372 g/mol. The Balaban J connectivity index is 1.70. The van der Waals surface area contributed by atoms with Gasteiger partial charge in [0.05, 0.1) is 17.8 Å². The molecule has 3 rings (SSSR count). The van der Waals surface area contributed by atoms with Crippen LogP contribution in [0.4, 0.5) is 0 Å². The third-order valence-electron chi connectivity index (χ3n) is 8.44. The Labute approximate surface area is 184 Å². The van der Waals surface area contributed by atoms with E-state index in [1.165, 1.54) is 38.5 Å². The SMILES string of the molecule is C=C1C(=CC=C2CCCC3(C)[C@@H]([C@H](C)CCCC(C)(C)O)CC[C@@H]23)C[C@@H](O)C[C@@H]1O. The Morgan fingerprint density at radius 1 is 1.23 bits per heavy atom. The molecule has 1 unspecified atom stereocenters. The van der Waals surface area contributed by atoms with Gasteiger partial charge < -0.3 is 15.3 Å². The number of hydrogen-bond donors (Lipinski definition) is 3. The van der Waals surface area contributed by atoms with Gasteiger partial charge in [0.1, 0.15) is 0 Å². The Morgan fingerprint density at radius 3 is 2.67 bits per heavy atom. The summed E-state index contributed by atoms with van der Waals surface area (Å²) in [7, 11) is 0. The monoisotopic (exact) mass is 416 g/mol. The average Bonchev–Trinajstić information content (AvgIpc) is 3.00. The zero-order valence-corrected chi connectivity index (χ0v) is 19.7. The van der Waals surface area contributed by atoms with Crippen LogP contribution < -0.4 is 0 Å². The Morgan fingerprint density at radius 2 is 1.97 bits per heavy atom. The summed E-state index contributed by atoms with van der Waals surface area (Å²) in [5.74, 6) is 2.11. The van der Waals surface area contributed by atoms with Crippen LogP contribution >= 0.6 is 0 Å². The van der Waals surface area contributed by atoms with Crippen molar-refractivity contribution in [3.63, 3.8) is 0 Å². The zero-order chi connectivity index (χ0) is 22.1. The van der Waals surface area contributed by atoms with E-state index in [0.29, 0.717) is 30.1 Å². The van der Waals surface area contributed by atoms with Crippen molar-refractivity contribution in [1.82, 2.24) is 0 Å². The van der Waals surface area contributed by atoms with Gasteiger partial charge in [0.15, 0.2) is 0 Å². The normalized spacial score (nSPS) is 38.8. The summed E-state index contributed by atoms with van der Waals surface area (Å²) < 4.78 is 0. The van der Waals surface area contributed by atoms with Crippen LogP contribution in [0, 0.1) is 23.2 Å². The van der Waals surface area contributed by atoms with Gasteiger partial charge in [-0.05, 0) is 93.1 Å². The molecule has 3 N–H and O–H groups in total. The van der Waals surface area contributed by atoms with Crippen molar-refractivity contribution >= 4 is 0 Å². The smallest absolute Gasteiger partial charge is 0.0811 e. The van der Waals surface area contributed by atoms with E-state index in [9.17, 15) is 15.3 Å². The molecule has 0 amide bonds. The molecule has 3 saturated carbocycles. The standard InChI is InChI=1S/C27H44O3/c1-18(8-6-14-26(3,4)30)23-12-13-24-20(9-7-15-27(23,24)5)10-11-21-16-22(28)17-25(29)19(21)2/h10-11,18,22-25,28-30H,2,6-9,12-17H2,1,3-5H3/t18-,22-,23-,24+,25+,27?/m1/s1. The van der Waals surface area contributed by atoms with Gasteiger partial charge in [0.25, 0.3) is 0 Å². The molecule has 30 heavy (non-hydrogen) atoms. The van der Waals surface area contributed by atoms with Crippen LogP contribution in [0.5, 0.6) is 0 Å². The molecule has 3 heteroatoms. The van der Waals surface area contributed by atoms with Gasteiger partial charge >= 0.3 is 0 Å². The van der Waals surface area contributed by atoms with Crippen molar-refractivity contribution in [2.75, 3.05) is 0 Å². The Kier molecular flexibility index (Phi) is 7.37. The highest BCUT2D eigenvalue weighted by Crippen LogP contribution is 2.60. The molecule has 0 aromatic carbocycles. The maximum absolute atomic E-state index is 10.1. The van der Waals surface area contributed by atoms with E-state index in [0.717, 1.165) is 29.9 Å². The topological polar surface area (TPSA) is 60.7 Å². The van der Waals surface area contributed by atoms with Crippen LogP contribution in [0.1, 0.15) is 91.9 Å². The quantitative estimate of drug-likeness (QED) is 0.520. The molecular formula is C27H44O3. The summed E-state index contributed by atoms with van der Waals surface area (Å²) in [5, 5.41) is 30.2. The first-order valence-electron chi connectivity index (χ1n) is 12.2. The number of fused-ring (bicyclic) bond motifs is 1. The van der Waals surface area contributed by atoms with Gasteiger partial charge in [0.2, 0.25) is 0 Å². The van der Waals surface area contributed by atoms with E-state index >= 15 is 0 Å². The largest absolute Gasteiger partial charge is 0.393 e. The third-order valence-corrected chi connectivity index (χ3v) is 8.44. The first-order valence-corrected chi connectivity index (χ1v) is 12.2. The van der Waals surface area contributed by atoms with Crippen LogP contribution in [0.2, 0.25) is 0 Å². The Hall–Kier alpha value is -0.900. The molecule has 0 heterocycles. The first kappa shape index (κ1) is 23.8. The minimum atomic E-state index is -0.615. The number of aliphatic hydroxyl groups excluding tert-OH is 2. The number of hydrogen-bond acceptors (Lipinski definition) is 3. The number of aliphatic hydroxyl groups is 3. The molecule has 0 spiro atoms. The van der Waals surface area contributed by atoms with Crippen LogP contribution in [0.3, 0.4) is 0 Å². The van der Waals surface area contributed by atoms with Crippen molar-refractivity contribution < 1.29 is 15.3 Å². The highest BCUT2D eigenvalue weighted by Gasteiger charge is 2.50. The summed E-state index contributed by atoms with van der Waals surface area (Å²) in [6, 6.07) is 0. The van der Waals surface area contributed by atoms with Crippen molar-refractivity contribution in [3.05, 3.63) is 35.5 Å². The predicted octanol–water partition coefficient (Wildman–Crippen LogP) is 5.70. The van der Waals surface area contributed by atoms with Crippen molar-refractivity contribution in [2.45, 2.75) is 110 Å². The highest BCUT2D eigenvalue weighted by atomic mass is 16.3. The van der Waals surface area contributed by atoms with Gasteiger partial charge in [-0.25, -0.2) is 0 Å². The minimum absolute atomic E-state index is 0.374. The summed E-state index contributed by atoms with van der Waals surface area (Å²) in [4.78, 5) is 0. The average molecular weight is 417 g/mol. The van der Waals surface area contributed by atoms with Crippen molar-refractivity contribution in [1.29, 1.82) is 0 Å².